The lowest BCUT2D eigenvalue weighted by molar-refractivity contribution is 0.0982. The number of anilines is 1. The van der Waals surface area contributed by atoms with E-state index in [0.717, 1.165) is 17.7 Å². The quantitative estimate of drug-likeness (QED) is 0.682. The highest BCUT2D eigenvalue weighted by Crippen LogP contribution is 2.13. The largest absolute Gasteiger partial charge is 0.378 e. The van der Waals surface area contributed by atoms with Crippen LogP contribution in [0.4, 0.5) is 5.69 Å². The Kier molecular flexibility index (Phi) is 3.69. The molecule has 0 aliphatic heterocycles. The molecule has 0 unspecified atom stereocenters. The topological polar surface area (TPSA) is 20.3 Å². The van der Waals surface area contributed by atoms with E-state index < -0.39 is 0 Å². The van der Waals surface area contributed by atoms with Crippen LogP contribution in [0.25, 0.3) is 0 Å². The summed E-state index contributed by atoms with van der Waals surface area (Å²) in [5.41, 5.74) is 1.94. The molecule has 0 aliphatic carbocycles. The van der Waals surface area contributed by atoms with Gasteiger partial charge in [-0.1, -0.05) is 6.92 Å². The average molecular weight is 191 g/mol. The van der Waals surface area contributed by atoms with Crippen molar-refractivity contribution in [2.45, 2.75) is 19.8 Å². The van der Waals surface area contributed by atoms with Crippen molar-refractivity contribution in [2.24, 2.45) is 0 Å². The summed E-state index contributed by atoms with van der Waals surface area (Å²) in [6, 6.07) is 7.74. The van der Waals surface area contributed by atoms with Gasteiger partial charge >= 0.3 is 0 Å². The fourth-order valence-electron chi connectivity index (χ4n) is 1.32. The summed E-state index contributed by atoms with van der Waals surface area (Å²) >= 11 is 0. The van der Waals surface area contributed by atoms with Crippen molar-refractivity contribution in [1.29, 1.82) is 0 Å². The molecule has 0 saturated carbocycles. The maximum Gasteiger partial charge on any atom is 0.162 e. The smallest absolute Gasteiger partial charge is 0.162 e. The van der Waals surface area contributed by atoms with Crippen LogP contribution in [0.3, 0.4) is 0 Å². The number of hydrogen-bond acceptors (Lipinski definition) is 2. The Morgan fingerprint density at radius 3 is 2.21 bits per heavy atom. The van der Waals surface area contributed by atoms with Gasteiger partial charge in [0, 0.05) is 31.8 Å². The van der Waals surface area contributed by atoms with Gasteiger partial charge in [0.25, 0.3) is 0 Å². The molecule has 0 N–H and O–H groups in total. The number of nitrogens with zero attached hydrogens (tertiary/aromatic N) is 1. The third kappa shape index (κ3) is 2.59. The molecule has 1 rings (SSSR count). The number of ketones is 1. The maximum absolute atomic E-state index is 11.5. The van der Waals surface area contributed by atoms with Gasteiger partial charge in [0.05, 0.1) is 0 Å². The lowest BCUT2D eigenvalue weighted by atomic mass is 10.1. The molecule has 0 bridgehead atoms. The van der Waals surface area contributed by atoms with Crippen molar-refractivity contribution in [3.63, 3.8) is 0 Å². The van der Waals surface area contributed by atoms with Crippen molar-refractivity contribution >= 4 is 11.5 Å². The lowest BCUT2D eigenvalue weighted by Crippen LogP contribution is -2.08. The van der Waals surface area contributed by atoms with Crippen molar-refractivity contribution in [3.05, 3.63) is 29.8 Å². The van der Waals surface area contributed by atoms with Gasteiger partial charge in [-0.15, -0.1) is 0 Å². The standard InChI is InChI=1S/C12H17NO/c1-4-5-12(14)10-6-8-11(9-7-10)13(2)3/h6-9H,4-5H2,1-3H3. The van der Waals surface area contributed by atoms with E-state index in [-0.39, 0.29) is 5.78 Å². The van der Waals surface area contributed by atoms with Gasteiger partial charge in [0.15, 0.2) is 5.78 Å². The van der Waals surface area contributed by atoms with Crippen molar-refractivity contribution < 1.29 is 4.79 Å². The highest BCUT2D eigenvalue weighted by molar-refractivity contribution is 5.96. The van der Waals surface area contributed by atoms with Crippen LogP contribution in [-0.2, 0) is 0 Å². The zero-order valence-electron chi connectivity index (χ0n) is 9.08. The number of hydrogen-bond donors (Lipinski definition) is 0. The van der Waals surface area contributed by atoms with Crippen molar-refractivity contribution in [1.82, 2.24) is 0 Å². The third-order valence-corrected chi connectivity index (χ3v) is 2.18. The maximum atomic E-state index is 11.5. The van der Waals surface area contributed by atoms with Gasteiger partial charge in [0.2, 0.25) is 0 Å². The van der Waals surface area contributed by atoms with Crippen LogP contribution in [0.15, 0.2) is 24.3 Å². The zero-order valence-corrected chi connectivity index (χ0v) is 9.08. The molecule has 1 aromatic rings. The van der Waals surface area contributed by atoms with E-state index in [9.17, 15) is 4.79 Å². The van der Waals surface area contributed by atoms with Crippen LogP contribution in [0.5, 0.6) is 0 Å². The number of benzene rings is 1. The molecule has 1 aromatic carbocycles. The van der Waals surface area contributed by atoms with Crippen molar-refractivity contribution in [2.75, 3.05) is 19.0 Å². The summed E-state index contributed by atoms with van der Waals surface area (Å²) in [4.78, 5) is 13.5. The van der Waals surface area contributed by atoms with Gasteiger partial charge in [-0.05, 0) is 30.7 Å². The molecule has 0 amide bonds. The molecule has 0 atom stereocenters. The molecule has 2 heteroatoms. The van der Waals surface area contributed by atoms with E-state index in [0.29, 0.717) is 6.42 Å². The van der Waals surface area contributed by atoms with Crippen molar-refractivity contribution in [3.8, 4) is 0 Å². The second-order valence-electron chi connectivity index (χ2n) is 3.61. The fraction of sp³-hybridized carbons (Fsp3) is 0.417. The van der Waals surface area contributed by atoms with E-state index in [1.807, 2.05) is 50.2 Å². The van der Waals surface area contributed by atoms with E-state index in [1.165, 1.54) is 0 Å². The molecular weight excluding hydrogens is 174 g/mol. The Morgan fingerprint density at radius 1 is 1.21 bits per heavy atom. The lowest BCUT2D eigenvalue weighted by Gasteiger charge is -2.12. The van der Waals surface area contributed by atoms with Gasteiger partial charge in [-0.2, -0.15) is 0 Å². The van der Waals surface area contributed by atoms with Gasteiger partial charge < -0.3 is 4.90 Å². The van der Waals surface area contributed by atoms with Crippen LogP contribution in [0, 0.1) is 0 Å². The first-order chi connectivity index (χ1) is 6.65. The molecule has 0 aliphatic rings. The van der Waals surface area contributed by atoms with E-state index in [4.69, 9.17) is 0 Å². The number of carbonyl (C=O) groups is 1. The summed E-state index contributed by atoms with van der Waals surface area (Å²) < 4.78 is 0. The molecule has 0 spiro atoms. The highest BCUT2D eigenvalue weighted by atomic mass is 16.1. The third-order valence-electron chi connectivity index (χ3n) is 2.18. The molecule has 0 heterocycles. The Hall–Kier alpha value is -1.31. The van der Waals surface area contributed by atoms with Gasteiger partial charge in [-0.25, -0.2) is 0 Å². The molecule has 2 nitrogen and oxygen atoms in total. The average Bonchev–Trinajstić information content (AvgIpc) is 2.18. The van der Waals surface area contributed by atoms with Gasteiger partial charge in [0.1, 0.15) is 0 Å². The van der Waals surface area contributed by atoms with Crippen LogP contribution < -0.4 is 4.90 Å². The van der Waals surface area contributed by atoms with E-state index in [2.05, 4.69) is 0 Å². The fourth-order valence-corrected chi connectivity index (χ4v) is 1.32. The second-order valence-corrected chi connectivity index (χ2v) is 3.61. The number of carbonyl (C=O) groups excluding carboxylic acids is 1. The first kappa shape index (κ1) is 10.8. The molecule has 0 saturated heterocycles. The number of Topliss-reactive ketones (excluding diaryl/α,β-unsaturated/α-hetero) is 1. The summed E-state index contributed by atoms with van der Waals surface area (Å²) in [6.45, 7) is 2.02. The summed E-state index contributed by atoms with van der Waals surface area (Å²) in [5, 5.41) is 0. The minimum atomic E-state index is 0.234. The van der Waals surface area contributed by atoms with Crippen LogP contribution in [-0.4, -0.2) is 19.9 Å². The Labute approximate surface area is 85.5 Å². The minimum absolute atomic E-state index is 0.234. The number of rotatable bonds is 4. The second kappa shape index (κ2) is 4.80. The minimum Gasteiger partial charge on any atom is -0.378 e. The monoisotopic (exact) mass is 191 g/mol. The SMILES string of the molecule is CCCC(=O)c1ccc(N(C)C)cc1. The molecular formula is C12H17NO. The Balaban J connectivity index is 2.78. The molecule has 76 valence electrons. The molecule has 0 fully saturated rings. The van der Waals surface area contributed by atoms with Crippen LogP contribution in [0.2, 0.25) is 0 Å². The molecule has 14 heavy (non-hydrogen) atoms. The predicted octanol–water partition coefficient (Wildman–Crippen LogP) is 2.74. The first-order valence-corrected chi connectivity index (χ1v) is 4.95. The van der Waals surface area contributed by atoms with E-state index in [1.54, 1.807) is 0 Å². The van der Waals surface area contributed by atoms with Crippen LogP contribution in [0.1, 0.15) is 30.1 Å². The van der Waals surface area contributed by atoms with Gasteiger partial charge in [-0.3, -0.25) is 4.79 Å². The summed E-state index contributed by atoms with van der Waals surface area (Å²) in [5.74, 6) is 0.234. The first-order valence-electron chi connectivity index (χ1n) is 4.95. The summed E-state index contributed by atoms with van der Waals surface area (Å²) in [6.07, 6.45) is 1.55. The van der Waals surface area contributed by atoms with Crippen LogP contribution >= 0.6 is 0 Å². The predicted molar refractivity (Wildman–Crippen MR) is 60.0 cm³/mol. The highest BCUT2D eigenvalue weighted by Gasteiger charge is 2.04. The van der Waals surface area contributed by atoms with E-state index >= 15 is 0 Å². The molecule has 0 aromatic heterocycles. The summed E-state index contributed by atoms with van der Waals surface area (Å²) in [7, 11) is 3.98. The normalized spacial score (nSPS) is 9.93. The Morgan fingerprint density at radius 2 is 1.79 bits per heavy atom. The Bertz CT molecular complexity index is 301. The zero-order chi connectivity index (χ0) is 10.6. The molecule has 0 radical (unpaired) electrons.